The molecule has 2 aliphatic rings. The molecule has 36 heavy (non-hydrogen) atoms. The number of ether oxygens (including phenoxy) is 1. The summed E-state index contributed by atoms with van der Waals surface area (Å²) in [4.78, 5) is 22.2. The third-order valence-electron chi connectivity index (χ3n) is 7.36. The van der Waals surface area contributed by atoms with Crippen LogP contribution >= 0.6 is 0 Å². The number of likely N-dealkylation sites (tertiary alicyclic amines) is 1. The number of rotatable bonds is 3. The molecule has 5 rings (SSSR count). The number of aryl methyl sites for hydroxylation is 2. The van der Waals surface area contributed by atoms with Gasteiger partial charge >= 0.3 is 6.36 Å². The summed E-state index contributed by atoms with van der Waals surface area (Å²) in [5.41, 5.74) is 2.77. The van der Waals surface area contributed by atoms with E-state index in [0.717, 1.165) is 28.8 Å². The first kappa shape index (κ1) is 24.5. The fraction of sp³-hybridized carbons (Fsp3) is 0.462. The Kier molecular flexibility index (Phi) is 6.18. The molecule has 1 atom stereocenters. The van der Waals surface area contributed by atoms with Gasteiger partial charge < -0.3 is 19.7 Å². The number of halogens is 4. The monoisotopic (exact) mass is 505 g/mol. The largest absolute Gasteiger partial charge is 0.573 e. The van der Waals surface area contributed by atoms with E-state index < -0.39 is 12.0 Å². The first-order chi connectivity index (χ1) is 17.0. The van der Waals surface area contributed by atoms with Gasteiger partial charge in [-0.2, -0.15) is 0 Å². The third-order valence-corrected chi connectivity index (χ3v) is 7.36. The summed E-state index contributed by atoms with van der Waals surface area (Å²) >= 11 is 0. The standard InChI is InChI=1S/C26H27F4N3O3/c1-25(35)10-6-18-20(7-11-25)32-23-22(18)21(19(27)14-31-23)15-8-12-33(13-9-15)24(34)16-2-4-17(5-3-16)36-26(28,29)30/h2-5,14-15,35H,6-13H2,1H3,(H,31,32)/t25-/m0/s1. The van der Waals surface area contributed by atoms with E-state index in [1.807, 2.05) is 6.92 Å². The highest BCUT2D eigenvalue weighted by molar-refractivity contribution is 5.94. The number of pyridine rings is 1. The number of aromatic nitrogens is 2. The van der Waals surface area contributed by atoms with Gasteiger partial charge in [0.15, 0.2) is 0 Å². The van der Waals surface area contributed by atoms with Gasteiger partial charge in [-0.1, -0.05) is 0 Å². The Morgan fingerprint density at radius 2 is 1.83 bits per heavy atom. The Hall–Kier alpha value is -3.14. The van der Waals surface area contributed by atoms with Gasteiger partial charge in [0.25, 0.3) is 5.91 Å². The summed E-state index contributed by atoms with van der Waals surface area (Å²) in [5.74, 6) is -1.15. The third kappa shape index (κ3) is 4.91. The summed E-state index contributed by atoms with van der Waals surface area (Å²) in [7, 11) is 0. The Morgan fingerprint density at radius 3 is 2.50 bits per heavy atom. The predicted octanol–water partition coefficient (Wildman–Crippen LogP) is 5.25. The lowest BCUT2D eigenvalue weighted by atomic mass is 9.86. The number of aliphatic hydroxyl groups is 1. The van der Waals surface area contributed by atoms with Crippen molar-refractivity contribution in [1.82, 2.24) is 14.9 Å². The van der Waals surface area contributed by atoms with Crippen LogP contribution < -0.4 is 4.74 Å². The Morgan fingerprint density at radius 1 is 1.17 bits per heavy atom. The lowest BCUT2D eigenvalue weighted by Crippen LogP contribution is -2.38. The molecule has 3 aromatic rings. The van der Waals surface area contributed by atoms with Gasteiger partial charge in [0.05, 0.1) is 11.8 Å². The number of piperidine rings is 1. The highest BCUT2D eigenvalue weighted by Crippen LogP contribution is 2.40. The smallest absolute Gasteiger partial charge is 0.406 e. The molecule has 1 aliphatic carbocycles. The molecule has 0 radical (unpaired) electrons. The molecular formula is C26H27F4N3O3. The number of nitrogens with zero attached hydrogens (tertiary/aromatic N) is 2. The Balaban J connectivity index is 1.33. The molecule has 0 spiro atoms. The van der Waals surface area contributed by atoms with Gasteiger partial charge in [-0.25, -0.2) is 9.37 Å². The second kappa shape index (κ2) is 9.06. The minimum Gasteiger partial charge on any atom is -0.406 e. The van der Waals surface area contributed by atoms with Crippen molar-refractivity contribution in [2.24, 2.45) is 0 Å². The van der Waals surface area contributed by atoms with E-state index in [4.69, 9.17) is 0 Å². The SMILES string of the molecule is C[C@@]1(O)CCc2[nH]c3ncc(F)c(C4CCN(C(=O)c5ccc(OC(F)(F)F)cc5)CC4)c3c2CC1. The van der Waals surface area contributed by atoms with Crippen molar-refractivity contribution in [1.29, 1.82) is 0 Å². The van der Waals surface area contributed by atoms with Crippen LogP contribution in [-0.4, -0.2) is 50.9 Å². The molecule has 192 valence electrons. The number of fused-ring (bicyclic) bond motifs is 3. The van der Waals surface area contributed by atoms with Gasteiger partial charge in [-0.05, 0) is 81.2 Å². The fourth-order valence-electron chi connectivity index (χ4n) is 5.43. The minimum atomic E-state index is -4.79. The Bertz CT molecular complexity index is 1280. The number of hydrogen-bond acceptors (Lipinski definition) is 4. The van der Waals surface area contributed by atoms with Crippen LogP contribution in [0.1, 0.15) is 65.7 Å². The number of carbonyl (C=O) groups is 1. The summed E-state index contributed by atoms with van der Waals surface area (Å²) in [6, 6.07) is 4.86. The zero-order valence-corrected chi connectivity index (χ0v) is 19.8. The molecule has 3 heterocycles. The van der Waals surface area contributed by atoms with Crippen LogP contribution in [0.5, 0.6) is 5.75 Å². The molecule has 1 fully saturated rings. The van der Waals surface area contributed by atoms with Crippen molar-refractivity contribution in [2.75, 3.05) is 13.1 Å². The average molecular weight is 506 g/mol. The van der Waals surface area contributed by atoms with E-state index in [9.17, 15) is 23.1 Å². The maximum Gasteiger partial charge on any atom is 0.573 e. The molecule has 6 nitrogen and oxygen atoms in total. The van der Waals surface area contributed by atoms with E-state index in [1.54, 1.807) is 4.90 Å². The van der Waals surface area contributed by atoms with E-state index in [2.05, 4.69) is 14.7 Å². The van der Waals surface area contributed by atoms with E-state index in [-0.39, 0.29) is 29.0 Å². The van der Waals surface area contributed by atoms with Crippen LogP contribution in [-0.2, 0) is 12.8 Å². The molecule has 1 aromatic carbocycles. The highest BCUT2D eigenvalue weighted by Gasteiger charge is 2.33. The molecule has 0 unspecified atom stereocenters. The number of alkyl halides is 3. The lowest BCUT2D eigenvalue weighted by molar-refractivity contribution is -0.274. The van der Waals surface area contributed by atoms with Crippen molar-refractivity contribution < 1.29 is 32.2 Å². The van der Waals surface area contributed by atoms with Gasteiger partial charge in [0.1, 0.15) is 17.2 Å². The van der Waals surface area contributed by atoms with Gasteiger partial charge in [-0.3, -0.25) is 4.79 Å². The number of benzene rings is 1. The first-order valence-corrected chi connectivity index (χ1v) is 12.1. The zero-order valence-electron chi connectivity index (χ0n) is 19.8. The number of H-pyrrole nitrogens is 1. The van der Waals surface area contributed by atoms with Crippen molar-refractivity contribution >= 4 is 16.9 Å². The number of carbonyl (C=O) groups excluding carboxylic acids is 1. The molecule has 2 N–H and O–H groups in total. The van der Waals surface area contributed by atoms with Crippen molar-refractivity contribution in [3.8, 4) is 5.75 Å². The molecule has 1 aliphatic heterocycles. The zero-order chi connectivity index (χ0) is 25.7. The first-order valence-electron chi connectivity index (χ1n) is 12.1. The average Bonchev–Trinajstić information content (AvgIpc) is 3.10. The van der Waals surface area contributed by atoms with Crippen LogP contribution in [0.3, 0.4) is 0 Å². The second-order valence-electron chi connectivity index (χ2n) is 9.96. The van der Waals surface area contributed by atoms with Gasteiger partial charge in [0.2, 0.25) is 0 Å². The van der Waals surface area contributed by atoms with Gasteiger partial charge in [0, 0.05) is 35.3 Å². The van der Waals surface area contributed by atoms with E-state index >= 15 is 4.39 Å². The molecule has 10 heteroatoms. The quantitative estimate of drug-likeness (QED) is 0.377. The lowest BCUT2D eigenvalue weighted by Gasteiger charge is -2.33. The van der Waals surface area contributed by atoms with Crippen molar-refractivity contribution in [3.05, 3.63) is 58.7 Å². The second-order valence-corrected chi connectivity index (χ2v) is 9.96. The fourth-order valence-corrected chi connectivity index (χ4v) is 5.43. The van der Waals surface area contributed by atoms with Crippen molar-refractivity contribution in [2.45, 2.75) is 63.3 Å². The van der Waals surface area contributed by atoms with Crippen LogP contribution in [0.2, 0.25) is 0 Å². The number of hydrogen-bond donors (Lipinski definition) is 2. The molecule has 1 saturated heterocycles. The van der Waals surface area contributed by atoms with Crippen LogP contribution in [0.4, 0.5) is 17.6 Å². The minimum absolute atomic E-state index is 0.106. The Labute approximate surface area is 205 Å². The number of nitrogens with one attached hydrogen (secondary N) is 1. The summed E-state index contributed by atoms with van der Waals surface area (Å²) < 4.78 is 56.2. The topological polar surface area (TPSA) is 78.5 Å². The highest BCUT2D eigenvalue weighted by atomic mass is 19.4. The molecule has 2 aromatic heterocycles. The van der Waals surface area contributed by atoms with Crippen LogP contribution in [0.15, 0.2) is 30.5 Å². The maximum absolute atomic E-state index is 15.2. The normalized spacial score (nSPS) is 21.3. The molecule has 1 amide bonds. The molecular weight excluding hydrogens is 478 g/mol. The van der Waals surface area contributed by atoms with E-state index in [0.29, 0.717) is 62.8 Å². The summed E-state index contributed by atoms with van der Waals surface area (Å²) in [5, 5.41) is 11.3. The summed E-state index contributed by atoms with van der Waals surface area (Å²) in [6.45, 7) is 2.62. The number of aromatic amines is 1. The summed E-state index contributed by atoms with van der Waals surface area (Å²) in [6.07, 6.45) is 0.0499. The van der Waals surface area contributed by atoms with Gasteiger partial charge in [-0.15, -0.1) is 13.2 Å². The predicted molar refractivity (Wildman–Crippen MR) is 124 cm³/mol. The van der Waals surface area contributed by atoms with Crippen LogP contribution in [0.25, 0.3) is 11.0 Å². The van der Waals surface area contributed by atoms with Crippen molar-refractivity contribution in [3.63, 3.8) is 0 Å². The molecule has 0 saturated carbocycles. The maximum atomic E-state index is 15.2. The number of amides is 1. The van der Waals surface area contributed by atoms with Crippen LogP contribution in [0, 0.1) is 5.82 Å². The molecule has 0 bridgehead atoms. The van der Waals surface area contributed by atoms with E-state index in [1.165, 1.54) is 18.3 Å².